The van der Waals surface area contributed by atoms with Gasteiger partial charge >= 0.3 is 0 Å². The summed E-state index contributed by atoms with van der Waals surface area (Å²) >= 11 is 0. The third-order valence-corrected chi connectivity index (χ3v) is 3.33. The summed E-state index contributed by atoms with van der Waals surface area (Å²) < 4.78 is 0. The maximum atomic E-state index is 3.25. The van der Waals surface area contributed by atoms with E-state index in [1.165, 1.54) is 17.5 Å². The van der Waals surface area contributed by atoms with E-state index < -0.39 is 0 Å². The number of aryl methyl sites for hydroxylation is 1. The van der Waals surface area contributed by atoms with E-state index in [0.29, 0.717) is 11.8 Å². The summed E-state index contributed by atoms with van der Waals surface area (Å²) in [7, 11) is 2.03. The van der Waals surface area contributed by atoms with Crippen LogP contribution in [-0.4, -0.2) is 13.6 Å². The molecule has 1 aromatic rings. The number of rotatable bonds is 6. The smallest absolute Gasteiger partial charge is 0.00460 e. The van der Waals surface area contributed by atoms with Crippen LogP contribution in [0.1, 0.15) is 44.2 Å². The third-order valence-electron chi connectivity index (χ3n) is 3.33. The summed E-state index contributed by atoms with van der Waals surface area (Å²) in [5.41, 5.74) is 2.92. The molecule has 0 amide bonds. The lowest BCUT2D eigenvalue weighted by Gasteiger charge is -2.21. The second-order valence-corrected chi connectivity index (χ2v) is 4.84. The highest BCUT2D eigenvalue weighted by atomic mass is 14.8. The van der Waals surface area contributed by atoms with Gasteiger partial charge in [-0.3, -0.25) is 0 Å². The SMILES string of the molecule is CCc1ccc(C(CCNC)C(C)C)cc1. The molecule has 0 saturated heterocycles. The lowest BCUT2D eigenvalue weighted by atomic mass is 9.85. The highest BCUT2D eigenvalue weighted by Crippen LogP contribution is 2.27. The van der Waals surface area contributed by atoms with E-state index in [9.17, 15) is 0 Å². The van der Waals surface area contributed by atoms with Gasteiger partial charge in [-0.05, 0) is 49.4 Å². The molecule has 1 aromatic carbocycles. The zero-order chi connectivity index (χ0) is 12.0. The van der Waals surface area contributed by atoms with Crippen molar-refractivity contribution in [2.45, 2.75) is 39.5 Å². The first kappa shape index (κ1) is 13.2. The van der Waals surface area contributed by atoms with Gasteiger partial charge in [0.1, 0.15) is 0 Å². The van der Waals surface area contributed by atoms with E-state index in [1.807, 2.05) is 7.05 Å². The molecule has 0 aliphatic rings. The minimum absolute atomic E-state index is 0.679. The molecule has 1 unspecified atom stereocenters. The van der Waals surface area contributed by atoms with Gasteiger partial charge in [-0.1, -0.05) is 45.0 Å². The van der Waals surface area contributed by atoms with Crippen LogP contribution >= 0.6 is 0 Å². The van der Waals surface area contributed by atoms with Crippen LogP contribution in [0.25, 0.3) is 0 Å². The fourth-order valence-corrected chi connectivity index (χ4v) is 2.19. The molecule has 1 heteroatoms. The summed E-state index contributed by atoms with van der Waals surface area (Å²) in [6.45, 7) is 7.93. The molecule has 0 aliphatic carbocycles. The van der Waals surface area contributed by atoms with Crippen LogP contribution in [0.2, 0.25) is 0 Å². The van der Waals surface area contributed by atoms with Gasteiger partial charge in [0.05, 0.1) is 0 Å². The molecule has 0 aromatic heterocycles. The van der Waals surface area contributed by atoms with E-state index in [-0.39, 0.29) is 0 Å². The number of nitrogens with one attached hydrogen (secondary N) is 1. The number of benzene rings is 1. The summed E-state index contributed by atoms with van der Waals surface area (Å²) in [6, 6.07) is 9.15. The number of hydrogen-bond acceptors (Lipinski definition) is 1. The fraction of sp³-hybridized carbons (Fsp3) is 0.600. The summed E-state index contributed by atoms with van der Waals surface area (Å²) in [5.74, 6) is 1.39. The van der Waals surface area contributed by atoms with Crippen LogP contribution in [0.5, 0.6) is 0 Å². The summed E-state index contributed by atoms with van der Waals surface area (Å²) in [6.07, 6.45) is 2.35. The standard InChI is InChI=1S/C15H25N/c1-5-13-6-8-14(9-7-13)15(12(2)3)10-11-16-4/h6-9,12,15-16H,5,10-11H2,1-4H3. The van der Waals surface area contributed by atoms with E-state index in [4.69, 9.17) is 0 Å². The molecule has 16 heavy (non-hydrogen) atoms. The van der Waals surface area contributed by atoms with Crippen molar-refractivity contribution in [1.29, 1.82) is 0 Å². The molecule has 0 aliphatic heterocycles. The second kappa shape index (κ2) is 6.70. The highest BCUT2D eigenvalue weighted by Gasteiger charge is 2.14. The average Bonchev–Trinajstić information content (AvgIpc) is 2.30. The molecule has 0 spiro atoms. The first-order valence-electron chi connectivity index (χ1n) is 6.42. The van der Waals surface area contributed by atoms with Gasteiger partial charge in [-0.2, -0.15) is 0 Å². The Kier molecular flexibility index (Phi) is 5.54. The second-order valence-electron chi connectivity index (χ2n) is 4.84. The van der Waals surface area contributed by atoms with Crippen molar-refractivity contribution in [3.63, 3.8) is 0 Å². The molecule has 0 radical (unpaired) electrons. The van der Waals surface area contributed by atoms with Gasteiger partial charge in [0.2, 0.25) is 0 Å². The first-order chi connectivity index (χ1) is 7.69. The van der Waals surface area contributed by atoms with Crippen molar-refractivity contribution in [2.24, 2.45) is 5.92 Å². The lowest BCUT2D eigenvalue weighted by Crippen LogP contribution is -2.15. The van der Waals surface area contributed by atoms with E-state index in [2.05, 4.69) is 50.4 Å². The first-order valence-corrected chi connectivity index (χ1v) is 6.42. The molecule has 1 atom stereocenters. The van der Waals surface area contributed by atoms with Gasteiger partial charge in [0, 0.05) is 0 Å². The third kappa shape index (κ3) is 3.64. The van der Waals surface area contributed by atoms with Crippen molar-refractivity contribution < 1.29 is 0 Å². The largest absolute Gasteiger partial charge is 0.320 e. The Bertz CT molecular complexity index is 287. The normalized spacial score (nSPS) is 13.1. The van der Waals surface area contributed by atoms with Crippen LogP contribution in [0.4, 0.5) is 0 Å². The minimum atomic E-state index is 0.679. The van der Waals surface area contributed by atoms with E-state index >= 15 is 0 Å². The predicted octanol–water partition coefficient (Wildman–Crippen LogP) is 3.60. The van der Waals surface area contributed by atoms with Crippen molar-refractivity contribution >= 4 is 0 Å². The molecule has 1 nitrogen and oxygen atoms in total. The monoisotopic (exact) mass is 219 g/mol. The summed E-state index contributed by atoms with van der Waals surface area (Å²) in [5, 5.41) is 3.25. The predicted molar refractivity (Wildman–Crippen MR) is 71.9 cm³/mol. The lowest BCUT2D eigenvalue weighted by molar-refractivity contribution is 0.460. The Morgan fingerprint density at radius 1 is 1.12 bits per heavy atom. The van der Waals surface area contributed by atoms with Gasteiger partial charge in [-0.25, -0.2) is 0 Å². The van der Waals surface area contributed by atoms with Crippen molar-refractivity contribution in [1.82, 2.24) is 5.32 Å². The summed E-state index contributed by atoms with van der Waals surface area (Å²) in [4.78, 5) is 0. The number of hydrogen-bond donors (Lipinski definition) is 1. The Hall–Kier alpha value is -0.820. The molecule has 0 saturated carbocycles. The zero-order valence-electron chi connectivity index (χ0n) is 11.1. The highest BCUT2D eigenvalue weighted by molar-refractivity contribution is 5.25. The van der Waals surface area contributed by atoms with E-state index in [0.717, 1.165) is 13.0 Å². The van der Waals surface area contributed by atoms with E-state index in [1.54, 1.807) is 0 Å². The van der Waals surface area contributed by atoms with Crippen molar-refractivity contribution in [3.05, 3.63) is 35.4 Å². The molecular formula is C15H25N. The van der Waals surface area contributed by atoms with Gasteiger partial charge in [-0.15, -0.1) is 0 Å². The van der Waals surface area contributed by atoms with Crippen molar-refractivity contribution in [3.8, 4) is 0 Å². The topological polar surface area (TPSA) is 12.0 Å². The zero-order valence-corrected chi connectivity index (χ0v) is 11.1. The van der Waals surface area contributed by atoms with Crippen LogP contribution in [0.15, 0.2) is 24.3 Å². The van der Waals surface area contributed by atoms with Gasteiger partial charge in [0.25, 0.3) is 0 Å². The fourth-order valence-electron chi connectivity index (χ4n) is 2.19. The molecule has 0 bridgehead atoms. The minimum Gasteiger partial charge on any atom is -0.320 e. The molecule has 1 rings (SSSR count). The Morgan fingerprint density at radius 3 is 2.19 bits per heavy atom. The maximum Gasteiger partial charge on any atom is -0.00460 e. The van der Waals surface area contributed by atoms with Gasteiger partial charge in [0.15, 0.2) is 0 Å². The van der Waals surface area contributed by atoms with Crippen LogP contribution in [-0.2, 0) is 6.42 Å². The quantitative estimate of drug-likeness (QED) is 0.771. The van der Waals surface area contributed by atoms with Crippen molar-refractivity contribution in [2.75, 3.05) is 13.6 Å². The molecule has 90 valence electrons. The molecular weight excluding hydrogens is 194 g/mol. The van der Waals surface area contributed by atoms with Crippen LogP contribution in [0, 0.1) is 5.92 Å². The average molecular weight is 219 g/mol. The molecule has 0 heterocycles. The Balaban J connectivity index is 2.75. The Morgan fingerprint density at radius 2 is 1.75 bits per heavy atom. The van der Waals surface area contributed by atoms with Gasteiger partial charge < -0.3 is 5.32 Å². The molecule has 1 N–H and O–H groups in total. The maximum absolute atomic E-state index is 3.25. The molecule has 0 fully saturated rings. The Labute approximate surface area is 100 Å². The van der Waals surface area contributed by atoms with Crippen LogP contribution < -0.4 is 5.32 Å². The van der Waals surface area contributed by atoms with Crippen LogP contribution in [0.3, 0.4) is 0 Å².